The molecule has 4 rings (SSSR count). The van der Waals surface area contributed by atoms with Crippen molar-refractivity contribution >= 4 is 5.91 Å². The van der Waals surface area contributed by atoms with Crippen molar-refractivity contribution in [1.82, 2.24) is 15.2 Å². The minimum atomic E-state index is -0.284. The maximum absolute atomic E-state index is 12.6. The normalized spacial score (nSPS) is 30.7. The van der Waals surface area contributed by atoms with Crippen LogP contribution in [0.5, 0.6) is 5.75 Å². The largest absolute Gasteiger partial charge is 0.492 e. The molecule has 0 saturated carbocycles. The predicted molar refractivity (Wildman–Crippen MR) is 93.3 cm³/mol. The van der Waals surface area contributed by atoms with E-state index in [-0.39, 0.29) is 17.2 Å². The fourth-order valence-corrected chi connectivity index (χ4v) is 4.50. The zero-order chi connectivity index (χ0) is 17.1. The van der Waals surface area contributed by atoms with Gasteiger partial charge in [0.05, 0.1) is 18.2 Å². The molecule has 1 N–H and O–H groups in total. The number of nitrogens with zero attached hydrogens (tertiary/aromatic N) is 2. The molecule has 1 amide bonds. The van der Waals surface area contributed by atoms with Gasteiger partial charge in [0.15, 0.2) is 0 Å². The lowest BCUT2D eigenvalue weighted by Gasteiger charge is -2.30. The van der Waals surface area contributed by atoms with Gasteiger partial charge in [-0.1, -0.05) is 0 Å². The van der Waals surface area contributed by atoms with Crippen LogP contribution in [0.1, 0.15) is 19.3 Å². The van der Waals surface area contributed by atoms with Crippen molar-refractivity contribution in [2.75, 3.05) is 46.0 Å². The van der Waals surface area contributed by atoms with Crippen molar-refractivity contribution in [2.24, 2.45) is 17.3 Å². The van der Waals surface area contributed by atoms with Gasteiger partial charge in [-0.25, -0.2) is 0 Å². The molecule has 3 aliphatic heterocycles. The zero-order valence-electron chi connectivity index (χ0n) is 14.7. The topological polar surface area (TPSA) is 63.7 Å². The van der Waals surface area contributed by atoms with Crippen LogP contribution in [0.25, 0.3) is 0 Å². The van der Waals surface area contributed by atoms with Crippen LogP contribution in [0, 0.1) is 17.3 Å². The fraction of sp³-hybridized carbons (Fsp3) is 0.684. The molecule has 136 valence electrons. The van der Waals surface area contributed by atoms with Crippen LogP contribution in [-0.2, 0) is 9.53 Å². The average molecular weight is 345 g/mol. The highest BCUT2D eigenvalue weighted by Gasteiger charge is 2.54. The van der Waals surface area contributed by atoms with E-state index < -0.39 is 0 Å². The second kappa shape index (κ2) is 7.30. The molecule has 0 aliphatic carbocycles. The van der Waals surface area contributed by atoms with Gasteiger partial charge in [-0.05, 0) is 43.9 Å². The number of ether oxygens (including phenoxy) is 2. The van der Waals surface area contributed by atoms with Crippen molar-refractivity contribution in [1.29, 1.82) is 0 Å². The van der Waals surface area contributed by atoms with Crippen molar-refractivity contribution in [3.05, 3.63) is 24.5 Å². The Bertz CT molecular complexity index is 591. The summed E-state index contributed by atoms with van der Waals surface area (Å²) >= 11 is 0. The molecule has 6 heteroatoms. The van der Waals surface area contributed by atoms with Crippen molar-refractivity contribution in [3.8, 4) is 5.75 Å². The third-order valence-electron chi connectivity index (χ3n) is 6.07. The quantitative estimate of drug-likeness (QED) is 0.872. The van der Waals surface area contributed by atoms with Crippen LogP contribution in [-0.4, -0.2) is 61.8 Å². The Labute approximate surface area is 148 Å². The molecular weight excluding hydrogens is 318 g/mol. The third kappa shape index (κ3) is 3.51. The van der Waals surface area contributed by atoms with Gasteiger partial charge in [-0.15, -0.1) is 0 Å². The highest BCUT2D eigenvalue weighted by molar-refractivity contribution is 5.86. The van der Waals surface area contributed by atoms with Crippen molar-refractivity contribution < 1.29 is 14.3 Å². The Hall–Kier alpha value is -1.66. The number of carbonyl (C=O) groups is 1. The summed E-state index contributed by atoms with van der Waals surface area (Å²) in [6, 6.07) is 3.78. The summed E-state index contributed by atoms with van der Waals surface area (Å²) in [5, 5.41) is 3.08. The lowest BCUT2D eigenvalue weighted by Crippen LogP contribution is -2.41. The molecule has 2 atom stereocenters. The van der Waals surface area contributed by atoms with Gasteiger partial charge >= 0.3 is 0 Å². The van der Waals surface area contributed by atoms with Gasteiger partial charge < -0.3 is 19.7 Å². The van der Waals surface area contributed by atoms with Crippen LogP contribution in [0.15, 0.2) is 24.5 Å². The van der Waals surface area contributed by atoms with E-state index in [2.05, 4.69) is 15.2 Å². The van der Waals surface area contributed by atoms with Crippen LogP contribution in [0.3, 0.4) is 0 Å². The zero-order valence-corrected chi connectivity index (χ0v) is 14.7. The average Bonchev–Trinajstić information content (AvgIpc) is 3.20. The van der Waals surface area contributed by atoms with Gasteiger partial charge in [0.1, 0.15) is 5.75 Å². The van der Waals surface area contributed by atoms with Gasteiger partial charge in [0, 0.05) is 45.0 Å². The Balaban J connectivity index is 1.37. The minimum Gasteiger partial charge on any atom is -0.492 e. The predicted octanol–water partition coefficient (Wildman–Crippen LogP) is 1.33. The van der Waals surface area contributed by atoms with Crippen LogP contribution in [0.4, 0.5) is 0 Å². The minimum absolute atomic E-state index is 0.210. The first-order valence-electron chi connectivity index (χ1n) is 9.37. The molecule has 0 radical (unpaired) electrons. The Morgan fingerprint density at radius 3 is 3.08 bits per heavy atom. The highest BCUT2D eigenvalue weighted by atomic mass is 16.5. The van der Waals surface area contributed by atoms with Crippen LogP contribution >= 0.6 is 0 Å². The molecule has 3 aliphatic rings. The molecule has 0 aromatic carbocycles. The van der Waals surface area contributed by atoms with Crippen LogP contribution < -0.4 is 10.1 Å². The molecule has 6 nitrogen and oxygen atoms in total. The number of likely N-dealkylation sites (tertiary alicyclic amines) is 1. The van der Waals surface area contributed by atoms with Gasteiger partial charge in [-0.2, -0.15) is 0 Å². The summed E-state index contributed by atoms with van der Waals surface area (Å²) in [4.78, 5) is 19.2. The molecule has 1 spiro atoms. The number of hydrogen-bond donors (Lipinski definition) is 1. The van der Waals surface area contributed by atoms with E-state index in [4.69, 9.17) is 9.47 Å². The monoisotopic (exact) mass is 345 g/mol. The van der Waals surface area contributed by atoms with Gasteiger partial charge in [0.2, 0.25) is 5.91 Å². The standard InChI is InChI=1S/C19H27N3O3/c23-18-19(5-7-22(14-19)12-15-3-8-24-9-4-15)16(10-21-18)13-25-17-2-1-6-20-11-17/h1-2,6,11,15-16H,3-5,7-10,12-14H2,(H,21,23)/t16-,19-/m1/s1. The lowest BCUT2D eigenvalue weighted by atomic mass is 9.77. The second-order valence-corrected chi connectivity index (χ2v) is 7.60. The first kappa shape index (κ1) is 16.8. The summed E-state index contributed by atoms with van der Waals surface area (Å²) < 4.78 is 11.4. The number of pyridine rings is 1. The number of hydrogen-bond acceptors (Lipinski definition) is 5. The summed E-state index contributed by atoms with van der Waals surface area (Å²) in [5.41, 5.74) is -0.284. The molecule has 1 aromatic heterocycles. The number of nitrogens with one attached hydrogen (secondary N) is 1. The van der Waals surface area contributed by atoms with Gasteiger partial charge in [0.25, 0.3) is 0 Å². The first-order chi connectivity index (χ1) is 12.3. The Morgan fingerprint density at radius 2 is 2.28 bits per heavy atom. The molecule has 1 aromatic rings. The van der Waals surface area contributed by atoms with Crippen molar-refractivity contribution in [2.45, 2.75) is 19.3 Å². The molecule has 3 saturated heterocycles. The number of rotatable bonds is 5. The summed E-state index contributed by atoms with van der Waals surface area (Å²) in [5.74, 6) is 1.91. The van der Waals surface area contributed by atoms with E-state index in [1.54, 1.807) is 12.4 Å². The summed E-state index contributed by atoms with van der Waals surface area (Å²) in [6.07, 6.45) is 6.68. The fourth-order valence-electron chi connectivity index (χ4n) is 4.50. The molecule has 3 fully saturated rings. The van der Waals surface area contributed by atoms with Gasteiger partial charge in [-0.3, -0.25) is 9.78 Å². The van der Waals surface area contributed by atoms with E-state index in [1.807, 2.05) is 12.1 Å². The third-order valence-corrected chi connectivity index (χ3v) is 6.07. The van der Waals surface area contributed by atoms with E-state index in [1.165, 1.54) is 0 Å². The van der Waals surface area contributed by atoms with E-state index in [0.29, 0.717) is 19.1 Å². The van der Waals surface area contributed by atoms with E-state index in [0.717, 1.165) is 57.9 Å². The second-order valence-electron chi connectivity index (χ2n) is 7.60. The number of aromatic nitrogens is 1. The molecular formula is C19H27N3O3. The molecule has 25 heavy (non-hydrogen) atoms. The van der Waals surface area contributed by atoms with E-state index in [9.17, 15) is 4.79 Å². The molecule has 4 heterocycles. The maximum atomic E-state index is 12.6. The Morgan fingerprint density at radius 1 is 1.40 bits per heavy atom. The first-order valence-corrected chi connectivity index (χ1v) is 9.37. The van der Waals surface area contributed by atoms with Crippen molar-refractivity contribution in [3.63, 3.8) is 0 Å². The lowest BCUT2D eigenvalue weighted by molar-refractivity contribution is -0.128. The van der Waals surface area contributed by atoms with E-state index >= 15 is 0 Å². The number of carbonyl (C=O) groups excluding carboxylic acids is 1. The maximum Gasteiger partial charge on any atom is 0.228 e. The highest BCUT2D eigenvalue weighted by Crippen LogP contribution is 2.42. The number of amides is 1. The summed E-state index contributed by atoms with van der Waals surface area (Å²) in [6.45, 7) is 6.00. The van der Waals surface area contributed by atoms with Crippen LogP contribution in [0.2, 0.25) is 0 Å². The summed E-state index contributed by atoms with van der Waals surface area (Å²) in [7, 11) is 0. The SMILES string of the molecule is O=C1NC[C@H](COc2cccnc2)[C@]12CCN(CC1CCOCC1)C2. The smallest absolute Gasteiger partial charge is 0.228 e. The Kier molecular flexibility index (Phi) is 4.90. The molecule has 0 unspecified atom stereocenters. The molecule has 0 bridgehead atoms.